The minimum atomic E-state index is -0.402. The Kier molecular flexibility index (Phi) is 5.19. The number of hydrogen-bond acceptors (Lipinski definition) is 5. The summed E-state index contributed by atoms with van der Waals surface area (Å²) in [4.78, 5) is 12.0. The van der Waals surface area contributed by atoms with Crippen LogP contribution in [0.2, 0.25) is 0 Å². The van der Waals surface area contributed by atoms with Gasteiger partial charge in [0.05, 0.1) is 19.9 Å². The van der Waals surface area contributed by atoms with Crippen LogP contribution in [0.25, 0.3) is 0 Å². The van der Waals surface area contributed by atoms with Gasteiger partial charge in [0, 0.05) is 11.1 Å². The van der Waals surface area contributed by atoms with Gasteiger partial charge >= 0.3 is 0 Å². The lowest BCUT2D eigenvalue weighted by molar-refractivity contribution is 0.0954. The lowest BCUT2D eigenvalue weighted by Crippen LogP contribution is -2.19. The summed E-state index contributed by atoms with van der Waals surface area (Å²) in [6.45, 7) is 1.77. The molecular formula is C17H18N2O4. The van der Waals surface area contributed by atoms with E-state index in [1.807, 2.05) is 6.07 Å². The minimum absolute atomic E-state index is 0.0262. The summed E-state index contributed by atoms with van der Waals surface area (Å²) in [6, 6.07) is 11.4. The summed E-state index contributed by atoms with van der Waals surface area (Å²) in [5.41, 5.74) is 4.19. The Balaban J connectivity index is 2.15. The predicted octanol–water partition coefficient (Wildman–Crippen LogP) is 2.56. The summed E-state index contributed by atoms with van der Waals surface area (Å²) in [6.07, 6.45) is 0. The summed E-state index contributed by atoms with van der Waals surface area (Å²) in [5, 5.41) is 13.5. The van der Waals surface area contributed by atoms with Crippen LogP contribution in [0.15, 0.2) is 47.6 Å². The molecule has 1 amide bonds. The first-order valence-electron chi connectivity index (χ1n) is 6.91. The zero-order chi connectivity index (χ0) is 16.8. The lowest BCUT2D eigenvalue weighted by atomic mass is 10.1. The van der Waals surface area contributed by atoms with Gasteiger partial charge in [-0.3, -0.25) is 4.79 Å². The maximum absolute atomic E-state index is 12.0. The van der Waals surface area contributed by atoms with E-state index in [0.717, 1.165) is 5.56 Å². The second-order valence-corrected chi connectivity index (χ2v) is 4.76. The lowest BCUT2D eigenvalue weighted by Gasteiger charge is -2.09. The Morgan fingerprint density at radius 2 is 1.78 bits per heavy atom. The number of methoxy groups -OCH3 is 2. The Morgan fingerprint density at radius 1 is 1.04 bits per heavy atom. The number of carbonyl (C=O) groups is 1. The number of phenols is 1. The summed E-state index contributed by atoms with van der Waals surface area (Å²) in [7, 11) is 3.12. The molecule has 0 atom stereocenters. The van der Waals surface area contributed by atoms with E-state index < -0.39 is 5.91 Å². The van der Waals surface area contributed by atoms with Crippen molar-refractivity contribution in [1.82, 2.24) is 5.43 Å². The quantitative estimate of drug-likeness (QED) is 0.656. The van der Waals surface area contributed by atoms with Crippen molar-refractivity contribution in [2.75, 3.05) is 14.2 Å². The van der Waals surface area contributed by atoms with Crippen LogP contribution in [-0.2, 0) is 0 Å². The number of aromatic hydroxyl groups is 1. The van der Waals surface area contributed by atoms with E-state index in [9.17, 15) is 9.90 Å². The molecule has 0 bridgehead atoms. The molecule has 0 unspecified atom stereocenters. The van der Waals surface area contributed by atoms with Gasteiger partial charge in [0.15, 0.2) is 11.5 Å². The molecule has 0 aliphatic heterocycles. The number of carbonyl (C=O) groups excluding carboxylic acids is 1. The Hall–Kier alpha value is -3.02. The Labute approximate surface area is 134 Å². The highest BCUT2D eigenvalue weighted by Crippen LogP contribution is 2.27. The molecule has 2 rings (SSSR count). The number of amides is 1. The highest BCUT2D eigenvalue weighted by molar-refractivity contribution is 6.01. The highest BCUT2D eigenvalue weighted by atomic mass is 16.5. The molecule has 23 heavy (non-hydrogen) atoms. The molecule has 0 heterocycles. The van der Waals surface area contributed by atoms with Gasteiger partial charge in [0.2, 0.25) is 0 Å². The monoisotopic (exact) mass is 314 g/mol. The first kappa shape index (κ1) is 16.4. The molecule has 0 aliphatic rings. The smallest absolute Gasteiger partial charge is 0.271 e. The molecule has 120 valence electrons. The van der Waals surface area contributed by atoms with Crippen molar-refractivity contribution in [2.45, 2.75) is 6.92 Å². The number of ether oxygens (including phenoxy) is 2. The fourth-order valence-electron chi connectivity index (χ4n) is 1.97. The van der Waals surface area contributed by atoms with Crippen molar-refractivity contribution in [1.29, 1.82) is 0 Å². The van der Waals surface area contributed by atoms with E-state index in [2.05, 4.69) is 10.5 Å². The number of hydrogen-bond donors (Lipinski definition) is 2. The Morgan fingerprint density at radius 3 is 2.43 bits per heavy atom. The number of rotatable bonds is 5. The van der Waals surface area contributed by atoms with Crippen LogP contribution in [0.1, 0.15) is 22.8 Å². The Bertz CT molecular complexity index is 741. The van der Waals surface area contributed by atoms with E-state index in [0.29, 0.717) is 22.8 Å². The van der Waals surface area contributed by atoms with Crippen molar-refractivity contribution in [3.05, 3.63) is 53.6 Å². The normalized spacial score (nSPS) is 11.0. The van der Waals surface area contributed by atoms with Crippen molar-refractivity contribution in [2.24, 2.45) is 5.10 Å². The zero-order valence-corrected chi connectivity index (χ0v) is 13.2. The van der Waals surface area contributed by atoms with Crippen LogP contribution in [0.3, 0.4) is 0 Å². The fraction of sp³-hybridized carbons (Fsp3) is 0.176. The van der Waals surface area contributed by atoms with Gasteiger partial charge < -0.3 is 14.6 Å². The molecule has 0 aromatic heterocycles. The van der Waals surface area contributed by atoms with Crippen molar-refractivity contribution < 1.29 is 19.4 Å². The molecule has 0 spiro atoms. The van der Waals surface area contributed by atoms with Crippen LogP contribution in [0.5, 0.6) is 17.2 Å². The molecule has 0 aliphatic carbocycles. The molecular weight excluding hydrogens is 296 g/mol. The molecule has 0 radical (unpaired) electrons. The maximum Gasteiger partial charge on any atom is 0.271 e. The number of phenolic OH excluding ortho intramolecular Hbond substituents is 1. The van der Waals surface area contributed by atoms with Crippen LogP contribution in [-0.4, -0.2) is 30.9 Å². The van der Waals surface area contributed by atoms with Crippen LogP contribution >= 0.6 is 0 Å². The molecule has 0 saturated heterocycles. The molecule has 2 aromatic carbocycles. The second kappa shape index (κ2) is 7.31. The molecule has 0 saturated carbocycles. The van der Waals surface area contributed by atoms with Crippen molar-refractivity contribution in [3.8, 4) is 17.2 Å². The van der Waals surface area contributed by atoms with Crippen LogP contribution < -0.4 is 14.9 Å². The maximum atomic E-state index is 12.0. The first-order valence-corrected chi connectivity index (χ1v) is 6.91. The molecule has 6 heteroatoms. The number of nitrogens with zero attached hydrogens (tertiary/aromatic N) is 1. The van der Waals surface area contributed by atoms with Gasteiger partial charge in [-0.2, -0.15) is 5.10 Å². The van der Waals surface area contributed by atoms with Gasteiger partial charge in [-0.15, -0.1) is 0 Å². The van der Waals surface area contributed by atoms with E-state index in [1.165, 1.54) is 12.1 Å². The summed E-state index contributed by atoms with van der Waals surface area (Å²) >= 11 is 0. The van der Waals surface area contributed by atoms with Gasteiger partial charge in [0.25, 0.3) is 5.91 Å². The van der Waals surface area contributed by atoms with Gasteiger partial charge in [0.1, 0.15) is 5.75 Å². The minimum Gasteiger partial charge on any atom is -0.508 e. The molecule has 2 N–H and O–H groups in total. The predicted molar refractivity (Wildman–Crippen MR) is 87.3 cm³/mol. The van der Waals surface area contributed by atoms with Gasteiger partial charge in [-0.05, 0) is 43.3 Å². The third-order valence-corrected chi connectivity index (χ3v) is 3.23. The largest absolute Gasteiger partial charge is 0.508 e. The fourth-order valence-corrected chi connectivity index (χ4v) is 1.97. The molecule has 6 nitrogen and oxygen atoms in total. The standard InChI is InChI=1S/C17H18N2O4/c1-11(12-7-8-15(22-2)16(10-12)23-3)18-19-17(21)13-5-4-6-14(20)9-13/h4-10,20H,1-3H3,(H,19,21)/b18-11-. The van der Waals surface area contributed by atoms with Crippen LogP contribution in [0.4, 0.5) is 0 Å². The topological polar surface area (TPSA) is 80.2 Å². The second-order valence-electron chi connectivity index (χ2n) is 4.76. The third kappa shape index (κ3) is 4.00. The van der Waals surface area contributed by atoms with E-state index >= 15 is 0 Å². The number of benzene rings is 2. The summed E-state index contributed by atoms with van der Waals surface area (Å²) < 4.78 is 10.4. The van der Waals surface area contributed by atoms with Gasteiger partial charge in [-0.25, -0.2) is 5.43 Å². The van der Waals surface area contributed by atoms with Crippen molar-refractivity contribution >= 4 is 11.6 Å². The van der Waals surface area contributed by atoms with E-state index in [1.54, 1.807) is 45.4 Å². The number of nitrogens with one attached hydrogen (secondary N) is 1. The summed E-state index contributed by atoms with van der Waals surface area (Å²) in [5.74, 6) is 0.825. The molecule has 0 fully saturated rings. The average molecular weight is 314 g/mol. The highest BCUT2D eigenvalue weighted by Gasteiger charge is 2.08. The van der Waals surface area contributed by atoms with Crippen molar-refractivity contribution in [3.63, 3.8) is 0 Å². The average Bonchev–Trinajstić information content (AvgIpc) is 2.58. The van der Waals surface area contributed by atoms with E-state index in [4.69, 9.17) is 9.47 Å². The SMILES string of the molecule is COc1ccc(/C(C)=N\NC(=O)c2cccc(O)c2)cc1OC. The first-order chi connectivity index (χ1) is 11.0. The third-order valence-electron chi connectivity index (χ3n) is 3.23. The number of hydrazone groups is 1. The van der Waals surface area contributed by atoms with Gasteiger partial charge in [-0.1, -0.05) is 6.07 Å². The van der Waals surface area contributed by atoms with Crippen LogP contribution in [0, 0.1) is 0 Å². The molecule has 2 aromatic rings. The zero-order valence-electron chi connectivity index (χ0n) is 13.2. The van der Waals surface area contributed by atoms with E-state index in [-0.39, 0.29) is 5.75 Å².